The van der Waals surface area contributed by atoms with E-state index in [0.717, 1.165) is 10.2 Å². The van der Waals surface area contributed by atoms with E-state index in [1.54, 1.807) is 20.4 Å². The Bertz CT molecular complexity index is 1190. The first-order chi connectivity index (χ1) is 14.6. The van der Waals surface area contributed by atoms with Crippen LogP contribution in [-0.4, -0.2) is 49.9 Å². The van der Waals surface area contributed by atoms with Crippen LogP contribution in [0.15, 0.2) is 54.7 Å². The van der Waals surface area contributed by atoms with Gasteiger partial charge in [0.1, 0.15) is 0 Å². The Labute approximate surface area is 181 Å². The van der Waals surface area contributed by atoms with Crippen molar-refractivity contribution < 1.29 is 9.47 Å². The van der Waals surface area contributed by atoms with Gasteiger partial charge < -0.3 is 0 Å². The Morgan fingerprint density at radius 2 is 1.70 bits per heavy atom. The molecule has 4 aromatic rings. The third kappa shape index (κ3) is 4.07. The molecule has 2 N–H and O–H groups in total. The van der Waals surface area contributed by atoms with Crippen molar-refractivity contribution in [3.63, 3.8) is 0 Å². The van der Waals surface area contributed by atoms with Gasteiger partial charge in [0.15, 0.2) is 0 Å². The van der Waals surface area contributed by atoms with Gasteiger partial charge >= 0.3 is 181 Å². The molecule has 0 fully saturated rings. The number of nitrogens with two attached hydrogens (primary N) is 1. The second-order valence-electron chi connectivity index (χ2n) is 6.62. The van der Waals surface area contributed by atoms with Crippen molar-refractivity contribution in [1.29, 1.82) is 0 Å². The van der Waals surface area contributed by atoms with Gasteiger partial charge in [-0.25, -0.2) is 0 Å². The summed E-state index contributed by atoms with van der Waals surface area (Å²) in [5.74, 6) is 1.62. The van der Waals surface area contributed by atoms with Gasteiger partial charge in [-0.05, 0) is 0 Å². The summed E-state index contributed by atoms with van der Waals surface area (Å²) < 4.78 is 11.8. The Morgan fingerprint density at radius 1 is 0.933 bits per heavy atom. The maximum absolute atomic E-state index is 6.24. The average Bonchev–Trinajstić information content (AvgIpc) is 2.79. The number of hydrogen-bond acceptors (Lipinski definition) is 7. The number of methoxy groups -OCH3 is 2. The summed E-state index contributed by atoms with van der Waals surface area (Å²) in [5, 5.41) is 0. The first-order valence-corrected chi connectivity index (χ1v) is 11.4. The van der Waals surface area contributed by atoms with Crippen molar-refractivity contribution in [2.45, 2.75) is 11.6 Å². The van der Waals surface area contributed by atoms with Crippen LogP contribution in [0.25, 0.3) is 22.4 Å². The van der Waals surface area contributed by atoms with Gasteiger partial charge in [-0.3, -0.25) is 0 Å². The zero-order valence-electron chi connectivity index (χ0n) is 16.9. The molecule has 1 atom stereocenters. The number of hydrogen-bond donors (Lipinski definition) is 1. The zero-order chi connectivity index (χ0) is 21.1. The Balaban J connectivity index is 1.66. The molecule has 0 spiro atoms. The van der Waals surface area contributed by atoms with Crippen LogP contribution < -0.4 is 19.8 Å². The summed E-state index contributed by atoms with van der Waals surface area (Å²) in [4.78, 5) is 18.3. The van der Waals surface area contributed by atoms with Gasteiger partial charge in [0.25, 0.3) is 0 Å². The predicted octanol–water partition coefficient (Wildman–Crippen LogP) is 2.78. The summed E-state index contributed by atoms with van der Waals surface area (Å²) in [6, 6.07) is 15.9. The molecule has 0 aliphatic carbocycles. The predicted molar refractivity (Wildman–Crippen MR) is 118 cm³/mol. The Kier molecular flexibility index (Phi) is 5.81. The number of ether oxygens (including phenoxy) is 2. The van der Waals surface area contributed by atoms with E-state index in [4.69, 9.17) is 15.2 Å². The molecule has 0 aliphatic rings. The fourth-order valence-corrected chi connectivity index (χ4v) is 5.16. The molecule has 8 heteroatoms. The van der Waals surface area contributed by atoms with E-state index in [1.165, 1.54) is 5.56 Å². The zero-order valence-corrected chi connectivity index (χ0v) is 18.8. The summed E-state index contributed by atoms with van der Waals surface area (Å²) in [7, 11) is 3.20. The normalized spacial score (nSPS) is 12.4. The van der Waals surface area contributed by atoms with Crippen LogP contribution in [0.1, 0.15) is 17.2 Å². The molecule has 1 radical (unpaired) electrons. The molecular weight excluding hydrogens is 441 g/mol. The van der Waals surface area contributed by atoms with Crippen LogP contribution in [0.4, 0.5) is 5.82 Å². The molecule has 4 rings (SSSR count). The van der Waals surface area contributed by atoms with E-state index in [1.807, 2.05) is 36.4 Å². The van der Waals surface area contributed by atoms with Crippen molar-refractivity contribution in [3.05, 3.63) is 60.3 Å². The monoisotopic (exact) mass is 462 g/mol. The number of nitrogen functional groups attached to an aromatic ring is 1. The molecule has 2 aromatic heterocycles. The molecule has 1 unspecified atom stereocenters. The van der Waals surface area contributed by atoms with Gasteiger partial charge in [-0.1, -0.05) is 0 Å². The van der Waals surface area contributed by atoms with Gasteiger partial charge in [-0.15, -0.1) is 0 Å². The van der Waals surface area contributed by atoms with Crippen LogP contribution in [-0.2, 0) is 0 Å². The van der Waals surface area contributed by atoms with Crippen molar-refractivity contribution in [2.75, 3.05) is 20.0 Å². The van der Waals surface area contributed by atoms with Crippen LogP contribution in [0.5, 0.6) is 11.5 Å². The molecule has 0 saturated heterocycles. The van der Waals surface area contributed by atoms with Crippen molar-refractivity contribution in [2.24, 2.45) is 0 Å². The third-order valence-corrected chi connectivity index (χ3v) is 7.03. The third-order valence-electron chi connectivity index (χ3n) is 4.69. The van der Waals surface area contributed by atoms with Gasteiger partial charge in [0.2, 0.25) is 0 Å². The minimum atomic E-state index is -0.303. The van der Waals surface area contributed by atoms with Gasteiger partial charge in [0, 0.05) is 0 Å². The van der Waals surface area contributed by atoms with Crippen LogP contribution in [0, 0.1) is 0 Å². The first kappa shape index (κ1) is 20.1. The first-order valence-electron chi connectivity index (χ1n) is 9.37. The van der Waals surface area contributed by atoms with Crippen molar-refractivity contribution in [3.8, 4) is 22.8 Å². The van der Waals surface area contributed by atoms with Gasteiger partial charge in [-0.2, -0.15) is 0 Å². The molecule has 2 heterocycles. The summed E-state index contributed by atoms with van der Waals surface area (Å²) >= 11 is -0.303. The van der Waals surface area contributed by atoms with E-state index in [0.29, 0.717) is 38.9 Å². The molecule has 151 valence electrons. The van der Waals surface area contributed by atoms with Gasteiger partial charge in [0.05, 0.1) is 0 Å². The molecule has 7 nitrogen and oxygen atoms in total. The average molecular weight is 462 g/mol. The SMILES string of the molecule is COc1ccc(-c2cnc3nc([As]C(C)c4ccccc4)nc(N)c3n2)cc1OC. The molecule has 0 bridgehead atoms. The minimum absolute atomic E-state index is 0.303. The van der Waals surface area contributed by atoms with E-state index < -0.39 is 0 Å². The topological polar surface area (TPSA) is 96.0 Å². The number of aromatic nitrogens is 4. The Morgan fingerprint density at radius 3 is 2.43 bits per heavy atom. The number of fused-ring (bicyclic) bond motifs is 1. The molecule has 0 aliphatic heterocycles. The summed E-state index contributed by atoms with van der Waals surface area (Å²) in [5.41, 5.74) is 10.0. The van der Waals surface area contributed by atoms with E-state index in [-0.39, 0.29) is 15.8 Å². The molecule has 0 amide bonds. The molecular formula is C22H21AsN5O2. The Hall–Kier alpha value is -3.18. The van der Waals surface area contributed by atoms with Crippen molar-refractivity contribution >= 4 is 37.3 Å². The van der Waals surface area contributed by atoms with E-state index in [2.05, 4.69) is 39.0 Å². The number of benzene rings is 2. The number of rotatable bonds is 6. The van der Waals surface area contributed by atoms with Crippen molar-refractivity contribution in [1.82, 2.24) is 19.9 Å². The standard InChI is InChI=1S/C22H21AsN5O2/c1-13(14-7-5-4-6-8-14)23-22-27-20(24)19-21(28-22)25-12-16(26-19)15-9-10-17(29-2)18(11-15)30-3/h4-13H,1-3H3,(H2,24,25,27,28). The molecule has 30 heavy (non-hydrogen) atoms. The second-order valence-corrected chi connectivity index (χ2v) is 9.63. The number of anilines is 1. The number of nitrogens with zero attached hydrogens (tertiary/aromatic N) is 4. The van der Waals surface area contributed by atoms with Crippen LogP contribution in [0.2, 0.25) is 0 Å². The fraction of sp³-hybridized carbons (Fsp3) is 0.182. The quantitative estimate of drug-likeness (QED) is 0.440. The van der Waals surface area contributed by atoms with Crippen LogP contribution in [0.3, 0.4) is 0 Å². The second kappa shape index (κ2) is 8.67. The summed E-state index contributed by atoms with van der Waals surface area (Å²) in [6.07, 6.45) is 1.69. The maximum atomic E-state index is 6.24. The van der Waals surface area contributed by atoms with Crippen LogP contribution >= 0.6 is 0 Å². The fourth-order valence-electron chi connectivity index (χ4n) is 3.09. The molecule has 0 saturated carbocycles. The summed E-state index contributed by atoms with van der Waals surface area (Å²) in [6.45, 7) is 2.19. The molecule has 2 aromatic carbocycles. The van der Waals surface area contributed by atoms with E-state index in [9.17, 15) is 0 Å². The van der Waals surface area contributed by atoms with E-state index >= 15 is 0 Å².